The van der Waals surface area contributed by atoms with Gasteiger partial charge in [-0.3, -0.25) is 4.79 Å². The van der Waals surface area contributed by atoms with Crippen LogP contribution in [0.2, 0.25) is 0 Å². The molecule has 0 N–H and O–H groups in total. The van der Waals surface area contributed by atoms with E-state index in [-0.39, 0.29) is 5.75 Å². The fourth-order valence-electron chi connectivity index (χ4n) is 1.30. The minimum atomic E-state index is -4.35. The van der Waals surface area contributed by atoms with Crippen LogP contribution in [-0.2, 0) is 4.74 Å². The predicted octanol–water partition coefficient (Wildman–Crippen LogP) is 2.93. The second-order valence-electron chi connectivity index (χ2n) is 3.80. The maximum Gasteiger partial charge on any atom is 0.330 e. The summed E-state index contributed by atoms with van der Waals surface area (Å²) >= 11 is 0. The summed E-state index contributed by atoms with van der Waals surface area (Å²) in [7, 11) is 1.19. The first-order valence-corrected chi connectivity index (χ1v) is 5.39. The lowest BCUT2D eigenvalue weighted by Crippen LogP contribution is -2.33. The molecule has 112 valence electrons. The van der Waals surface area contributed by atoms with Crippen LogP contribution in [0.1, 0.15) is 10.4 Å². The monoisotopic (exact) mass is 298 g/mol. The molecule has 0 saturated heterocycles. The van der Waals surface area contributed by atoms with Gasteiger partial charge < -0.3 is 9.47 Å². The molecule has 3 nitrogen and oxygen atoms in total. The number of benzene rings is 1. The van der Waals surface area contributed by atoms with Crippen LogP contribution in [0.25, 0.3) is 0 Å². The minimum Gasteiger partial charge on any atom is -0.494 e. The Morgan fingerprint density at radius 3 is 2.55 bits per heavy atom. The van der Waals surface area contributed by atoms with Crippen molar-refractivity contribution in [3.8, 4) is 5.75 Å². The van der Waals surface area contributed by atoms with Gasteiger partial charge in [-0.05, 0) is 12.1 Å². The summed E-state index contributed by atoms with van der Waals surface area (Å²) in [5.74, 6) is -6.47. The lowest BCUT2D eigenvalue weighted by atomic mass is 10.1. The van der Waals surface area contributed by atoms with Gasteiger partial charge >= 0.3 is 12.3 Å². The van der Waals surface area contributed by atoms with Crippen molar-refractivity contribution in [3.63, 3.8) is 0 Å². The van der Waals surface area contributed by atoms with Gasteiger partial charge in [0.2, 0.25) is 0 Å². The van der Waals surface area contributed by atoms with Crippen LogP contribution < -0.4 is 4.74 Å². The van der Waals surface area contributed by atoms with Gasteiger partial charge in [-0.15, -0.1) is 0 Å². The molecule has 1 rings (SSSR count). The summed E-state index contributed by atoms with van der Waals surface area (Å²) < 4.78 is 71.2. The third-order valence-electron chi connectivity index (χ3n) is 2.33. The van der Waals surface area contributed by atoms with Crippen LogP contribution in [0.15, 0.2) is 18.2 Å². The van der Waals surface area contributed by atoms with E-state index in [2.05, 4.69) is 9.47 Å². The van der Waals surface area contributed by atoms with Crippen LogP contribution >= 0.6 is 0 Å². The Morgan fingerprint density at radius 1 is 1.35 bits per heavy atom. The van der Waals surface area contributed by atoms with E-state index < -0.39 is 42.7 Å². The van der Waals surface area contributed by atoms with E-state index in [1.54, 1.807) is 0 Å². The van der Waals surface area contributed by atoms with Crippen LogP contribution in [0, 0.1) is 5.82 Å². The minimum absolute atomic E-state index is 0.200. The van der Waals surface area contributed by atoms with Gasteiger partial charge in [-0.25, -0.2) is 13.2 Å². The second-order valence-corrected chi connectivity index (χ2v) is 3.80. The van der Waals surface area contributed by atoms with Gasteiger partial charge in [-0.1, -0.05) is 6.07 Å². The Balaban J connectivity index is 2.65. The summed E-state index contributed by atoms with van der Waals surface area (Å²) in [6.07, 6.45) is -3.90. The maximum atomic E-state index is 13.6. The highest BCUT2D eigenvalue weighted by atomic mass is 19.3. The molecule has 0 saturated carbocycles. The number of alkyl halides is 4. The van der Waals surface area contributed by atoms with E-state index in [9.17, 15) is 26.7 Å². The number of ketones is 1. The van der Waals surface area contributed by atoms with Crippen molar-refractivity contribution in [2.75, 3.05) is 20.3 Å². The Kier molecular flexibility index (Phi) is 5.43. The topological polar surface area (TPSA) is 35.5 Å². The molecule has 8 heteroatoms. The Labute approximate surface area is 111 Å². The zero-order valence-corrected chi connectivity index (χ0v) is 10.3. The molecule has 0 amide bonds. The van der Waals surface area contributed by atoms with E-state index in [0.717, 1.165) is 6.07 Å². The molecule has 1 aromatic carbocycles. The number of hydrogen-bond acceptors (Lipinski definition) is 3. The van der Waals surface area contributed by atoms with Crippen molar-refractivity contribution < 1.29 is 36.2 Å². The zero-order chi connectivity index (χ0) is 15.3. The largest absolute Gasteiger partial charge is 0.494 e. The number of halogens is 5. The third-order valence-corrected chi connectivity index (χ3v) is 2.33. The van der Waals surface area contributed by atoms with Crippen molar-refractivity contribution in [1.29, 1.82) is 0 Å². The molecule has 0 aromatic heterocycles. The number of hydrogen-bond donors (Lipinski definition) is 0. The SMILES string of the molecule is COc1cccc(C(=O)COCC(F)(F)C(F)F)c1F. The van der Waals surface area contributed by atoms with Crippen molar-refractivity contribution in [1.82, 2.24) is 0 Å². The number of carbonyl (C=O) groups excluding carboxylic acids is 1. The molecule has 0 fully saturated rings. The smallest absolute Gasteiger partial charge is 0.330 e. The van der Waals surface area contributed by atoms with Crippen LogP contribution in [0.5, 0.6) is 5.75 Å². The van der Waals surface area contributed by atoms with Gasteiger partial charge in [0.05, 0.1) is 12.7 Å². The summed E-state index contributed by atoms with van der Waals surface area (Å²) in [6, 6.07) is 3.69. The number of methoxy groups -OCH3 is 1. The standard InChI is InChI=1S/C12H11F5O3/c1-19-9-4-2-3-7(10(9)13)8(18)5-20-6-12(16,17)11(14)15/h2-4,11H,5-6H2,1H3. The summed E-state index contributed by atoms with van der Waals surface area (Å²) in [5, 5.41) is 0. The lowest BCUT2D eigenvalue weighted by Gasteiger charge is -2.15. The first kappa shape index (κ1) is 16.4. The molecule has 0 radical (unpaired) electrons. The maximum absolute atomic E-state index is 13.6. The van der Waals surface area contributed by atoms with Crippen molar-refractivity contribution in [2.24, 2.45) is 0 Å². The Hall–Kier alpha value is -1.70. The molecule has 0 atom stereocenters. The molecule has 1 aromatic rings. The highest BCUT2D eigenvalue weighted by molar-refractivity contribution is 5.97. The summed E-state index contributed by atoms with van der Waals surface area (Å²) in [6.45, 7) is -2.56. The van der Waals surface area contributed by atoms with Gasteiger partial charge in [0.1, 0.15) is 13.2 Å². The molecule has 0 unspecified atom stereocenters. The van der Waals surface area contributed by atoms with Crippen molar-refractivity contribution in [3.05, 3.63) is 29.6 Å². The first-order valence-electron chi connectivity index (χ1n) is 5.39. The third kappa shape index (κ3) is 3.89. The average molecular weight is 298 g/mol. The van der Waals surface area contributed by atoms with E-state index in [4.69, 9.17) is 0 Å². The zero-order valence-electron chi connectivity index (χ0n) is 10.3. The average Bonchev–Trinajstić information content (AvgIpc) is 2.38. The normalized spacial score (nSPS) is 11.8. The van der Waals surface area contributed by atoms with Crippen molar-refractivity contribution >= 4 is 5.78 Å². The van der Waals surface area contributed by atoms with Gasteiger partial charge in [0, 0.05) is 0 Å². The van der Waals surface area contributed by atoms with E-state index >= 15 is 0 Å². The Morgan fingerprint density at radius 2 is 2.00 bits per heavy atom. The number of rotatable bonds is 7. The van der Waals surface area contributed by atoms with E-state index in [1.165, 1.54) is 19.2 Å². The fraction of sp³-hybridized carbons (Fsp3) is 0.417. The molecule has 0 heterocycles. The van der Waals surface area contributed by atoms with Crippen LogP contribution in [-0.4, -0.2) is 38.5 Å². The molecule has 0 bridgehead atoms. The molecule has 20 heavy (non-hydrogen) atoms. The van der Waals surface area contributed by atoms with Gasteiger partial charge in [0.15, 0.2) is 17.3 Å². The van der Waals surface area contributed by atoms with Crippen LogP contribution in [0.3, 0.4) is 0 Å². The molecule has 0 aliphatic carbocycles. The fourth-order valence-corrected chi connectivity index (χ4v) is 1.30. The number of carbonyl (C=O) groups is 1. The van der Waals surface area contributed by atoms with E-state index in [0.29, 0.717) is 0 Å². The van der Waals surface area contributed by atoms with E-state index in [1.807, 2.05) is 0 Å². The molecule has 0 spiro atoms. The van der Waals surface area contributed by atoms with Gasteiger partial charge in [0.25, 0.3) is 0 Å². The van der Waals surface area contributed by atoms with Crippen molar-refractivity contribution in [2.45, 2.75) is 12.3 Å². The van der Waals surface area contributed by atoms with Crippen LogP contribution in [0.4, 0.5) is 22.0 Å². The second kappa shape index (κ2) is 6.65. The number of Topliss-reactive ketones (excluding diaryl/α,β-unsaturated/α-hetero) is 1. The molecule has 0 aliphatic heterocycles. The summed E-state index contributed by atoms with van der Waals surface area (Å²) in [5.41, 5.74) is -0.426. The highest BCUT2D eigenvalue weighted by Gasteiger charge is 2.41. The first-order chi connectivity index (χ1) is 9.29. The lowest BCUT2D eigenvalue weighted by molar-refractivity contribution is -0.163. The summed E-state index contributed by atoms with van der Waals surface area (Å²) in [4.78, 5) is 11.5. The molecular formula is C12H11F5O3. The number of ether oxygens (including phenoxy) is 2. The molecule has 0 aliphatic rings. The quantitative estimate of drug-likeness (QED) is 0.573. The van der Waals surface area contributed by atoms with Gasteiger partial charge in [-0.2, -0.15) is 8.78 Å². The molecular weight excluding hydrogens is 287 g/mol. The Bertz CT molecular complexity index is 476. The predicted molar refractivity (Wildman–Crippen MR) is 59.1 cm³/mol. The highest BCUT2D eigenvalue weighted by Crippen LogP contribution is 2.23.